The van der Waals surface area contributed by atoms with Crippen LogP contribution in [-0.4, -0.2) is 0 Å². The van der Waals surface area contributed by atoms with Gasteiger partial charge in [-0.2, -0.15) is 0 Å². The Morgan fingerprint density at radius 2 is 1.00 bits per heavy atom. The molecule has 0 aromatic heterocycles. The van der Waals surface area contributed by atoms with E-state index in [-0.39, 0.29) is 0 Å². The zero-order valence-electron chi connectivity index (χ0n) is 21.7. The molecule has 1 heteroatoms. The molecule has 4 rings (SSSR count). The van der Waals surface area contributed by atoms with Crippen LogP contribution in [0.25, 0.3) is 6.08 Å². The summed E-state index contributed by atoms with van der Waals surface area (Å²) in [7, 11) is -1.90. The van der Waals surface area contributed by atoms with Crippen molar-refractivity contribution in [3.05, 3.63) is 132 Å². The molecule has 0 unspecified atom stereocenters. The summed E-state index contributed by atoms with van der Waals surface area (Å²) in [5.41, 5.74) is 2.79. The van der Waals surface area contributed by atoms with Gasteiger partial charge < -0.3 is 0 Å². The predicted octanol–water partition coefficient (Wildman–Crippen LogP) is 8.94. The van der Waals surface area contributed by atoms with Crippen LogP contribution >= 0.6 is 7.26 Å². The van der Waals surface area contributed by atoms with E-state index in [0.29, 0.717) is 0 Å². The molecule has 0 saturated carbocycles. The van der Waals surface area contributed by atoms with Gasteiger partial charge in [-0.05, 0) is 60.4 Å². The fourth-order valence-corrected chi connectivity index (χ4v) is 9.40. The second-order valence-electron chi connectivity index (χ2n) is 9.63. The van der Waals surface area contributed by atoms with Gasteiger partial charge in [-0.15, -0.1) is 0 Å². The highest BCUT2D eigenvalue weighted by molar-refractivity contribution is 7.95. The zero-order chi connectivity index (χ0) is 24.9. The van der Waals surface area contributed by atoms with E-state index in [1.165, 1.54) is 65.6 Å². The Bertz CT molecular complexity index is 1080. The molecule has 4 aromatic carbocycles. The molecular formula is C35H40P+. The highest BCUT2D eigenvalue weighted by Gasteiger charge is 2.45. The van der Waals surface area contributed by atoms with Crippen LogP contribution in [0.3, 0.4) is 0 Å². The third-order valence-electron chi connectivity index (χ3n) is 7.08. The first-order chi connectivity index (χ1) is 17.8. The van der Waals surface area contributed by atoms with Crippen LogP contribution in [0.4, 0.5) is 0 Å². The lowest BCUT2D eigenvalue weighted by atomic mass is 10.1. The van der Waals surface area contributed by atoms with E-state index in [2.05, 4.69) is 134 Å². The monoisotopic (exact) mass is 491 g/mol. The van der Waals surface area contributed by atoms with E-state index >= 15 is 0 Å². The zero-order valence-corrected chi connectivity index (χ0v) is 22.6. The van der Waals surface area contributed by atoms with Crippen molar-refractivity contribution in [3.63, 3.8) is 0 Å². The van der Waals surface area contributed by atoms with E-state index in [9.17, 15) is 0 Å². The van der Waals surface area contributed by atoms with Crippen molar-refractivity contribution in [2.24, 2.45) is 0 Å². The topological polar surface area (TPSA) is 0 Å². The third kappa shape index (κ3) is 6.63. The minimum Gasteiger partial charge on any atom is -0.0839 e. The van der Waals surface area contributed by atoms with Crippen molar-refractivity contribution < 1.29 is 0 Å². The predicted molar refractivity (Wildman–Crippen MR) is 162 cm³/mol. The molecule has 0 aliphatic heterocycles. The summed E-state index contributed by atoms with van der Waals surface area (Å²) in [6, 6.07) is 42.6. The molecular weight excluding hydrogens is 451 g/mol. The lowest BCUT2D eigenvalue weighted by molar-refractivity contribution is 0.611. The number of unbranched alkanes of at least 4 members (excludes halogenated alkanes) is 6. The third-order valence-corrected chi connectivity index (χ3v) is 11.4. The normalized spacial score (nSPS) is 11.7. The fraction of sp³-hybridized carbons (Fsp3) is 0.257. The van der Waals surface area contributed by atoms with Crippen LogP contribution in [0.15, 0.2) is 121 Å². The maximum absolute atomic E-state index is 2.40. The van der Waals surface area contributed by atoms with Crippen LogP contribution in [0.1, 0.15) is 63.0 Å². The Kier molecular flexibility index (Phi) is 10.1. The van der Waals surface area contributed by atoms with Gasteiger partial charge in [-0.1, -0.05) is 130 Å². The number of rotatable bonds is 13. The maximum atomic E-state index is 2.40. The molecule has 0 nitrogen and oxygen atoms in total. The number of hydrogen-bond acceptors (Lipinski definition) is 0. The molecule has 0 bridgehead atoms. The highest BCUT2D eigenvalue weighted by Crippen LogP contribution is 2.58. The van der Waals surface area contributed by atoms with Crippen molar-refractivity contribution in [1.82, 2.24) is 0 Å². The van der Waals surface area contributed by atoms with Crippen LogP contribution in [0.5, 0.6) is 0 Å². The van der Waals surface area contributed by atoms with Crippen molar-refractivity contribution in [3.8, 4) is 0 Å². The Morgan fingerprint density at radius 3 is 1.56 bits per heavy atom. The van der Waals surface area contributed by atoms with Gasteiger partial charge in [0, 0.05) is 0 Å². The van der Waals surface area contributed by atoms with Crippen LogP contribution in [-0.2, 0) is 6.16 Å². The summed E-state index contributed by atoms with van der Waals surface area (Å²) in [6.45, 7) is 2.28. The maximum Gasteiger partial charge on any atom is 0.116 e. The number of allylic oxidation sites excluding steroid dienone is 1. The van der Waals surface area contributed by atoms with Crippen molar-refractivity contribution in [2.45, 2.75) is 58.0 Å². The van der Waals surface area contributed by atoms with Crippen LogP contribution < -0.4 is 15.9 Å². The lowest BCUT2D eigenvalue weighted by Crippen LogP contribution is -2.32. The minimum absolute atomic E-state index is 1.02. The molecule has 0 spiro atoms. The van der Waals surface area contributed by atoms with Gasteiger partial charge in [0.05, 0.1) is 6.16 Å². The largest absolute Gasteiger partial charge is 0.116 e. The second-order valence-corrected chi connectivity index (χ2v) is 13.1. The standard InChI is InChI=1S/C35H40P/c1-2-3-4-5-6-7-8-12-21-31-22-19-20-23-32(31)30-36(33-24-13-9-14-25-33,34-26-15-10-16-27-34)35-28-17-11-18-29-35/h9-29H,2-8,30H2,1H3/q+1/b21-12-. The Morgan fingerprint density at radius 1 is 0.528 bits per heavy atom. The molecule has 0 aliphatic carbocycles. The van der Waals surface area contributed by atoms with Crippen LogP contribution in [0.2, 0.25) is 0 Å². The van der Waals surface area contributed by atoms with Gasteiger partial charge in [0.1, 0.15) is 23.2 Å². The summed E-state index contributed by atoms with van der Waals surface area (Å²) in [5, 5.41) is 4.31. The van der Waals surface area contributed by atoms with Crippen molar-refractivity contribution in [1.29, 1.82) is 0 Å². The Hall–Kier alpha value is -2.95. The summed E-state index contributed by atoms with van der Waals surface area (Å²) in [4.78, 5) is 0. The van der Waals surface area contributed by atoms with Crippen molar-refractivity contribution >= 4 is 29.3 Å². The van der Waals surface area contributed by atoms with Gasteiger partial charge in [0.15, 0.2) is 0 Å². The van der Waals surface area contributed by atoms with E-state index < -0.39 is 7.26 Å². The molecule has 0 N–H and O–H groups in total. The molecule has 0 atom stereocenters. The van der Waals surface area contributed by atoms with Crippen molar-refractivity contribution in [2.75, 3.05) is 0 Å². The number of benzene rings is 4. The number of hydrogen-bond donors (Lipinski definition) is 0. The molecule has 0 aliphatic rings. The summed E-state index contributed by atoms with van der Waals surface area (Å²) >= 11 is 0. The molecule has 0 amide bonds. The van der Waals surface area contributed by atoms with Gasteiger partial charge in [-0.3, -0.25) is 0 Å². The minimum atomic E-state index is -1.90. The quantitative estimate of drug-likeness (QED) is 0.129. The van der Waals surface area contributed by atoms with E-state index in [4.69, 9.17) is 0 Å². The molecule has 36 heavy (non-hydrogen) atoms. The first-order valence-corrected chi connectivity index (χ1v) is 15.6. The molecule has 0 heterocycles. The summed E-state index contributed by atoms with van der Waals surface area (Å²) < 4.78 is 0. The first kappa shape index (κ1) is 26.1. The average molecular weight is 492 g/mol. The first-order valence-electron chi connectivity index (χ1n) is 13.6. The van der Waals surface area contributed by atoms with Gasteiger partial charge >= 0.3 is 0 Å². The molecule has 0 saturated heterocycles. The summed E-state index contributed by atoms with van der Waals surface area (Å²) in [6.07, 6.45) is 15.0. The molecule has 4 aromatic rings. The molecule has 184 valence electrons. The SMILES string of the molecule is CCCCCCCC/C=C\c1ccccc1C[P+](c1ccccc1)(c1ccccc1)c1ccccc1. The average Bonchev–Trinajstić information content (AvgIpc) is 2.95. The van der Waals surface area contributed by atoms with E-state index in [0.717, 1.165) is 12.6 Å². The summed E-state index contributed by atoms with van der Waals surface area (Å²) in [5.74, 6) is 0. The molecule has 0 radical (unpaired) electrons. The molecule has 0 fully saturated rings. The highest BCUT2D eigenvalue weighted by atomic mass is 31.2. The lowest BCUT2D eigenvalue weighted by Gasteiger charge is -2.28. The smallest absolute Gasteiger partial charge is 0.0839 e. The second kappa shape index (κ2) is 14.0. The Balaban J connectivity index is 1.68. The van der Waals surface area contributed by atoms with Gasteiger partial charge in [0.2, 0.25) is 0 Å². The van der Waals surface area contributed by atoms with E-state index in [1.807, 2.05) is 0 Å². The van der Waals surface area contributed by atoms with Gasteiger partial charge in [-0.25, -0.2) is 0 Å². The van der Waals surface area contributed by atoms with Crippen LogP contribution in [0, 0.1) is 0 Å². The Labute approximate surface area is 219 Å². The van der Waals surface area contributed by atoms with E-state index in [1.54, 1.807) is 0 Å². The fourth-order valence-electron chi connectivity index (χ4n) is 5.12. The van der Waals surface area contributed by atoms with Gasteiger partial charge in [0.25, 0.3) is 0 Å².